The number of benzene rings is 1. The molecule has 0 aliphatic carbocycles. The number of carboxylic acids is 1. The van der Waals surface area contributed by atoms with Crippen LogP contribution in [0, 0.1) is 5.82 Å². The van der Waals surface area contributed by atoms with Crippen LogP contribution in [-0.2, 0) is 4.79 Å². The van der Waals surface area contributed by atoms with Gasteiger partial charge in [0.15, 0.2) is 12.4 Å². The van der Waals surface area contributed by atoms with E-state index in [2.05, 4.69) is 0 Å². The molecule has 1 aromatic rings. The third-order valence-electron chi connectivity index (χ3n) is 2.04. The molecule has 0 aliphatic heterocycles. The van der Waals surface area contributed by atoms with Gasteiger partial charge in [0.25, 0.3) is 0 Å². The summed E-state index contributed by atoms with van der Waals surface area (Å²) in [6.07, 6.45) is -3.50. The zero-order valence-electron chi connectivity index (χ0n) is 8.00. The number of aldehydes is 1. The number of halogens is 1. The summed E-state index contributed by atoms with van der Waals surface area (Å²) in [6.45, 7) is 0. The lowest BCUT2D eigenvalue weighted by molar-refractivity contribution is -0.153. The van der Waals surface area contributed by atoms with Gasteiger partial charge in [0.05, 0.1) is 5.56 Å². The molecular formula is C10H9FO5. The smallest absolute Gasteiger partial charge is 0.335 e. The molecule has 3 N–H and O–H groups in total. The summed E-state index contributed by atoms with van der Waals surface area (Å²) in [5.74, 6) is -2.39. The van der Waals surface area contributed by atoms with Crippen molar-refractivity contribution in [3.8, 4) is 0 Å². The number of carbonyl (C=O) groups excluding carboxylic acids is 1. The van der Waals surface area contributed by atoms with E-state index >= 15 is 0 Å². The summed E-state index contributed by atoms with van der Waals surface area (Å²) in [5, 5.41) is 26.9. The van der Waals surface area contributed by atoms with Crippen LogP contribution in [-0.4, -0.2) is 33.7 Å². The molecule has 86 valence electrons. The topological polar surface area (TPSA) is 94.8 Å². The Balaban J connectivity index is 3.05. The highest BCUT2D eigenvalue weighted by atomic mass is 19.1. The average Bonchev–Trinajstić information content (AvgIpc) is 2.27. The highest BCUT2D eigenvalue weighted by Crippen LogP contribution is 2.19. The molecular weight excluding hydrogens is 219 g/mol. The first-order chi connectivity index (χ1) is 7.47. The van der Waals surface area contributed by atoms with Crippen LogP contribution in [0.3, 0.4) is 0 Å². The van der Waals surface area contributed by atoms with Gasteiger partial charge in [-0.3, -0.25) is 4.79 Å². The lowest BCUT2D eigenvalue weighted by Crippen LogP contribution is -2.27. The van der Waals surface area contributed by atoms with Crippen LogP contribution in [0.5, 0.6) is 0 Å². The molecule has 0 saturated carbocycles. The summed E-state index contributed by atoms with van der Waals surface area (Å²) < 4.78 is 12.9. The summed E-state index contributed by atoms with van der Waals surface area (Å²) in [6, 6.07) is 3.00. The standard InChI is InChI=1S/C10H9FO5/c11-7-2-1-5(3-6(7)4-12)8(13)9(14)10(15)16/h1-4,8-9,13-14H,(H,15,16). The number of carboxylic acid groups (broad SMARTS) is 1. The van der Waals surface area contributed by atoms with E-state index in [-0.39, 0.29) is 17.4 Å². The van der Waals surface area contributed by atoms with Crippen LogP contribution in [0.15, 0.2) is 18.2 Å². The van der Waals surface area contributed by atoms with Crippen molar-refractivity contribution < 1.29 is 29.3 Å². The first-order valence-electron chi connectivity index (χ1n) is 4.31. The predicted molar refractivity (Wildman–Crippen MR) is 50.4 cm³/mol. The fourth-order valence-corrected chi connectivity index (χ4v) is 1.15. The molecule has 2 unspecified atom stereocenters. The van der Waals surface area contributed by atoms with Gasteiger partial charge in [-0.25, -0.2) is 9.18 Å². The molecule has 16 heavy (non-hydrogen) atoms. The van der Waals surface area contributed by atoms with E-state index in [0.29, 0.717) is 0 Å². The Hall–Kier alpha value is -1.79. The van der Waals surface area contributed by atoms with Crippen molar-refractivity contribution in [3.05, 3.63) is 35.1 Å². The number of aliphatic carboxylic acids is 1. The first-order valence-corrected chi connectivity index (χ1v) is 4.31. The summed E-state index contributed by atoms with van der Waals surface area (Å²) in [5.41, 5.74) is -0.354. The van der Waals surface area contributed by atoms with Gasteiger partial charge in [0.1, 0.15) is 11.9 Å². The molecule has 1 aromatic carbocycles. The lowest BCUT2D eigenvalue weighted by Gasteiger charge is -2.14. The Bertz CT molecular complexity index is 418. The van der Waals surface area contributed by atoms with Crippen LogP contribution < -0.4 is 0 Å². The van der Waals surface area contributed by atoms with Gasteiger partial charge in [0, 0.05) is 0 Å². The summed E-state index contributed by atoms with van der Waals surface area (Å²) >= 11 is 0. The van der Waals surface area contributed by atoms with Crippen molar-refractivity contribution in [3.63, 3.8) is 0 Å². The molecule has 0 bridgehead atoms. The Kier molecular flexibility index (Phi) is 3.70. The maximum absolute atomic E-state index is 12.9. The largest absolute Gasteiger partial charge is 0.479 e. The van der Waals surface area contributed by atoms with Crippen LogP contribution in [0.2, 0.25) is 0 Å². The Morgan fingerprint density at radius 2 is 2.00 bits per heavy atom. The summed E-state index contributed by atoms with van der Waals surface area (Å²) in [4.78, 5) is 20.8. The van der Waals surface area contributed by atoms with E-state index in [1.807, 2.05) is 0 Å². The highest BCUT2D eigenvalue weighted by Gasteiger charge is 2.25. The minimum atomic E-state index is -2.02. The van der Waals surface area contributed by atoms with Crippen LogP contribution in [0.4, 0.5) is 4.39 Å². The van der Waals surface area contributed by atoms with Crippen molar-refractivity contribution >= 4 is 12.3 Å². The molecule has 0 spiro atoms. The van der Waals surface area contributed by atoms with E-state index in [1.54, 1.807) is 0 Å². The first kappa shape index (κ1) is 12.3. The van der Waals surface area contributed by atoms with Gasteiger partial charge in [-0.15, -0.1) is 0 Å². The zero-order chi connectivity index (χ0) is 12.3. The fraction of sp³-hybridized carbons (Fsp3) is 0.200. The number of aliphatic hydroxyl groups excluding tert-OH is 2. The molecule has 0 amide bonds. The maximum atomic E-state index is 12.9. The number of hydrogen-bond acceptors (Lipinski definition) is 4. The Morgan fingerprint density at radius 3 is 2.50 bits per heavy atom. The fourth-order valence-electron chi connectivity index (χ4n) is 1.15. The maximum Gasteiger partial charge on any atom is 0.335 e. The van der Waals surface area contributed by atoms with Gasteiger partial charge < -0.3 is 15.3 Å². The molecule has 0 heterocycles. The second-order valence-corrected chi connectivity index (χ2v) is 3.13. The molecule has 0 aromatic heterocycles. The van der Waals surface area contributed by atoms with Crippen molar-refractivity contribution in [2.24, 2.45) is 0 Å². The molecule has 0 fully saturated rings. The molecule has 0 radical (unpaired) electrons. The van der Waals surface area contributed by atoms with Crippen molar-refractivity contribution in [1.29, 1.82) is 0 Å². The van der Waals surface area contributed by atoms with Crippen LogP contribution in [0.25, 0.3) is 0 Å². The quantitative estimate of drug-likeness (QED) is 0.636. The normalized spacial score (nSPS) is 14.2. The molecule has 0 aliphatic rings. The van der Waals surface area contributed by atoms with E-state index < -0.39 is 24.0 Å². The van der Waals surface area contributed by atoms with Gasteiger partial charge in [-0.05, 0) is 17.7 Å². The monoisotopic (exact) mass is 228 g/mol. The van der Waals surface area contributed by atoms with Gasteiger partial charge >= 0.3 is 5.97 Å². The lowest BCUT2D eigenvalue weighted by atomic mass is 10.0. The minimum Gasteiger partial charge on any atom is -0.479 e. The van der Waals surface area contributed by atoms with E-state index in [9.17, 15) is 19.1 Å². The van der Waals surface area contributed by atoms with Crippen LogP contribution in [0.1, 0.15) is 22.0 Å². The van der Waals surface area contributed by atoms with E-state index in [1.165, 1.54) is 0 Å². The zero-order valence-corrected chi connectivity index (χ0v) is 8.00. The second kappa shape index (κ2) is 4.82. The van der Waals surface area contributed by atoms with E-state index in [0.717, 1.165) is 18.2 Å². The predicted octanol–water partition coefficient (Wildman–Crippen LogP) is 0.117. The molecule has 6 heteroatoms. The molecule has 5 nitrogen and oxygen atoms in total. The van der Waals surface area contributed by atoms with E-state index in [4.69, 9.17) is 10.2 Å². The number of carbonyl (C=O) groups is 2. The molecule has 2 atom stereocenters. The third kappa shape index (κ3) is 2.41. The Labute approximate surface area is 89.8 Å². The van der Waals surface area contributed by atoms with Crippen molar-refractivity contribution in [2.45, 2.75) is 12.2 Å². The van der Waals surface area contributed by atoms with Crippen molar-refractivity contribution in [2.75, 3.05) is 0 Å². The van der Waals surface area contributed by atoms with Crippen LogP contribution >= 0.6 is 0 Å². The number of hydrogen-bond donors (Lipinski definition) is 3. The highest BCUT2D eigenvalue weighted by molar-refractivity contribution is 5.76. The minimum absolute atomic E-state index is 0.0431. The van der Waals surface area contributed by atoms with Gasteiger partial charge in [-0.1, -0.05) is 6.07 Å². The number of rotatable bonds is 4. The second-order valence-electron chi connectivity index (χ2n) is 3.13. The van der Waals surface area contributed by atoms with Gasteiger partial charge in [0.2, 0.25) is 0 Å². The Morgan fingerprint density at radius 1 is 1.38 bits per heavy atom. The SMILES string of the molecule is O=Cc1cc(C(O)C(O)C(=O)O)ccc1F. The molecule has 1 rings (SSSR count). The summed E-state index contributed by atoms with van der Waals surface area (Å²) in [7, 11) is 0. The number of aliphatic hydroxyl groups is 2. The van der Waals surface area contributed by atoms with Gasteiger partial charge in [-0.2, -0.15) is 0 Å². The van der Waals surface area contributed by atoms with Crippen molar-refractivity contribution in [1.82, 2.24) is 0 Å². The average molecular weight is 228 g/mol. The molecule has 0 saturated heterocycles. The third-order valence-corrected chi connectivity index (χ3v) is 2.04.